The number of sulfonamides is 1. The third-order valence-electron chi connectivity index (χ3n) is 4.23. The molecule has 0 spiro atoms. The zero-order valence-electron chi connectivity index (χ0n) is 15.0. The highest BCUT2D eigenvalue weighted by atomic mass is 32.2. The summed E-state index contributed by atoms with van der Waals surface area (Å²) in [5.74, 6) is -0.689. The van der Waals surface area contributed by atoms with Crippen LogP contribution in [0.15, 0.2) is 52.6 Å². The molecule has 142 valence electrons. The van der Waals surface area contributed by atoms with Gasteiger partial charge < -0.3 is 14.5 Å². The molecule has 0 aromatic heterocycles. The van der Waals surface area contributed by atoms with Crippen LogP contribution < -0.4 is 0 Å². The molecule has 2 heterocycles. The monoisotopic (exact) mass is 389 g/mol. The number of allylic oxidation sites excluding steroid dienone is 2. The molecule has 27 heavy (non-hydrogen) atoms. The van der Waals surface area contributed by atoms with Gasteiger partial charge in [-0.05, 0) is 29.8 Å². The van der Waals surface area contributed by atoms with E-state index in [4.69, 9.17) is 0 Å². The predicted molar refractivity (Wildman–Crippen MR) is 99.4 cm³/mol. The first-order chi connectivity index (χ1) is 12.8. The molecule has 8 nitrogen and oxygen atoms in total. The maximum Gasteiger partial charge on any atom is 0.337 e. The van der Waals surface area contributed by atoms with Crippen molar-refractivity contribution in [3.8, 4) is 0 Å². The minimum atomic E-state index is -3.56. The van der Waals surface area contributed by atoms with Crippen molar-refractivity contribution in [1.29, 1.82) is 0 Å². The standard InChI is InChI=1S/C18H19N3O5S/c1-20(12-13-5-7-14(8-6-13)18(23)26-2)17(22)15-4-3-9-21-10-11-27(24,25)19-16(15)21/h3-9H,10-12H2,1-2H3. The van der Waals surface area contributed by atoms with Crippen molar-refractivity contribution in [2.75, 3.05) is 26.5 Å². The lowest BCUT2D eigenvalue weighted by molar-refractivity contribution is -0.125. The number of carbonyl (C=O) groups excluding carboxylic acids is 2. The van der Waals surface area contributed by atoms with Crippen molar-refractivity contribution in [3.05, 3.63) is 59.3 Å². The number of hydrogen-bond donors (Lipinski definition) is 0. The Balaban J connectivity index is 1.77. The summed E-state index contributed by atoms with van der Waals surface area (Å²) in [6.45, 7) is 0.558. The molecule has 1 aromatic rings. The summed E-state index contributed by atoms with van der Waals surface area (Å²) in [6.07, 6.45) is 4.97. The van der Waals surface area contributed by atoms with Crippen molar-refractivity contribution < 1.29 is 22.7 Å². The predicted octanol–water partition coefficient (Wildman–Crippen LogP) is 0.929. The molecular formula is C18H19N3O5S. The summed E-state index contributed by atoms with van der Waals surface area (Å²) in [4.78, 5) is 27.4. The molecule has 1 amide bonds. The number of hydrogen-bond acceptors (Lipinski definition) is 6. The maximum atomic E-state index is 12.8. The molecule has 0 atom stereocenters. The van der Waals surface area contributed by atoms with Gasteiger partial charge in [-0.1, -0.05) is 12.1 Å². The third kappa shape index (κ3) is 4.08. The van der Waals surface area contributed by atoms with E-state index in [2.05, 4.69) is 9.13 Å². The number of rotatable bonds is 4. The summed E-state index contributed by atoms with van der Waals surface area (Å²) in [5.41, 5.74) is 1.47. The van der Waals surface area contributed by atoms with Gasteiger partial charge >= 0.3 is 5.97 Å². The van der Waals surface area contributed by atoms with Gasteiger partial charge in [0.1, 0.15) is 0 Å². The molecule has 0 bridgehead atoms. The van der Waals surface area contributed by atoms with Crippen molar-refractivity contribution in [2.24, 2.45) is 4.40 Å². The van der Waals surface area contributed by atoms with Gasteiger partial charge in [0, 0.05) is 26.3 Å². The van der Waals surface area contributed by atoms with E-state index in [1.54, 1.807) is 54.6 Å². The number of esters is 1. The van der Waals surface area contributed by atoms with Crippen LogP contribution in [0, 0.1) is 0 Å². The summed E-state index contributed by atoms with van der Waals surface area (Å²) < 4.78 is 32.1. The molecule has 0 saturated heterocycles. The van der Waals surface area contributed by atoms with Crippen molar-refractivity contribution in [1.82, 2.24) is 9.80 Å². The van der Waals surface area contributed by atoms with Crippen LogP contribution in [0.3, 0.4) is 0 Å². The molecule has 3 rings (SSSR count). The Morgan fingerprint density at radius 2 is 1.96 bits per heavy atom. The van der Waals surface area contributed by atoms with Crippen molar-refractivity contribution in [3.63, 3.8) is 0 Å². The quantitative estimate of drug-likeness (QED) is 0.711. The first-order valence-corrected chi connectivity index (χ1v) is 9.82. The Hall–Kier alpha value is -2.94. The molecule has 0 aliphatic carbocycles. The minimum absolute atomic E-state index is 0.0787. The topological polar surface area (TPSA) is 96.4 Å². The number of likely N-dealkylation sites (N-methyl/N-ethyl adjacent to an activating group) is 1. The van der Waals surface area contributed by atoms with Gasteiger partial charge in [-0.15, -0.1) is 4.40 Å². The Bertz CT molecular complexity index is 961. The number of carbonyl (C=O) groups is 2. The number of fused-ring (bicyclic) bond motifs is 1. The molecule has 0 N–H and O–H groups in total. The average molecular weight is 389 g/mol. The maximum absolute atomic E-state index is 12.8. The van der Waals surface area contributed by atoms with Crippen molar-refractivity contribution in [2.45, 2.75) is 6.54 Å². The number of amidine groups is 1. The second-order valence-electron chi connectivity index (χ2n) is 6.17. The second-order valence-corrected chi connectivity index (χ2v) is 7.92. The zero-order valence-corrected chi connectivity index (χ0v) is 15.8. The van der Waals surface area contributed by atoms with E-state index in [1.807, 2.05) is 0 Å². The van der Waals surface area contributed by atoms with Gasteiger partial charge in [0.25, 0.3) is 15.9 Å². The van der Waals surface area contributed by atoms with Crippen LogP contribution in [0.25, 0.3) is 0 Å². The Kier molecular flexibility index (Phi) is 5.13. The van der Waals surface area contributed by atoms with E-state index in [0.717, 1.165) is 5.56 Å². The fourth-order valence-electron chi connectivity index (χ4n) is 2.80. The van der Waals surface area contributed by atoms with Gasteiger partial charge in [0.05, 0.1) is 24.0 Å². The molecule has 0 unspecified atom stereocenters. The van der Waals surface area contributed by atoms with Crippen LogP contribution in [0.5, 0.6) is 0 Å². The van der Waals surface area contributed by atoms with Crippen LogP contribution in [0.1, 0.15) is 15.9 Å². The van der Waals surface area contributed by atoms with E-state index in [-0.39, 0.29) is 29.6 Å². The molecule has 0 radical (unpaired) electrons. The number of methoxy groups -OCH3 is 1. The average Bonchev–Trinajstić information content (AvgIpc) is 2.66. The second kappa shape index (κ2) is 7.36. The van der Waals surface area contributed by atoms with Gasteiger partial charge in [-0.2, -0.15) is 0 Å². The summed E-state index contributed by atoms with van der Waals surface area (Å²) in [7, 11) is -0.628. The molecule has 2 aliphatic rings. The van der Waals surface area contributed by atoms with Gasteiger partial charge in [0.2, 0.25) is 0 Å². The minimum Gasteiger partial charge on any atom is -0.465 e. The molecule has 0 fully saturated rings. The van der Waals surface area contributed by atoms with E-state index in [9.17, 15) is 18.0 Å². The van der Waals surface area contributed by atoms with Crippen LogP contribution >= 0.6 is 0 Å². The Labute approximate surface area is 157 Å². The van der Waals surface area contributed by atoms with E-state index >= 15 is 0 Å². The molecular weight excluding hydrogens is 370 g/mol. The van der Waals surface area contributed by atoms with Crippen molar-refractivity contribution >= 4 is 27.7 Å². The Morgan fingerprint density at radius 1 is 1.26 bits per heavy atom. The van der Waals surface area contributed by atoms with Crippen LogP contribution in [0.2, 0.25) is 0 Å². The van der Waals surface area contributed by atoms with Gasteiger partial charge in [0.15, 0.2) is 5.84 Å². The van der Waals surface area contributed by atoms with E-state index < -0.39 is 16.0 Å². The SMILES string of the molecule is COC(=O)c1ccc(CN(C)C(=O)C2=CC=CN3CCS(=O)(=O)N=C23)cc1. The molecule has 1 aromatic carbocycles. The smallest absolute Gasteiger partial charge is 0.337 e. The summed E-state index contributed by atoms with van der Waals surface area (Å²) in [5, 5.41) is 0. The van der Waals surface area contributed by atoms with Gasteiger partial charge in [-0.3, -0.25) is 4.79 Å². The third-order valence-corrected chi connectivity index (χ3v) is 5.38. The first-order valence-electron chi connectivity index (χ1n) is 8.21. The number of ether oxygens (including phenoxy) is 1. The van der Waals surface area contributed by atoms with Gasteiger partial charge in [-0.25, -0.2) is 13.2 Å². The van der Waals surface area contributed by atoms with Crippen LogP contribution in [-0.4, -0.2) is 62.4 Å². The lowest BCUT2D eigenvalue weighted by Gasteiger charge is -2.30. The fourth-order valence-corrected chi connectivity index (χ4v) is 3.78. The summed E-state index contributed by atoms with van der Waals surface area (Å²) in [6, 6.07) is 6.73. The van der Waals surface area contributed by atoms with Crippen LogP contribution in [-0.2, 0) is 26.1 Å². The van der Waals surface area contributed by atoms with Crippen LogP contribution in [0.4, 0.5) is 0 Å². The first kappa shape index (κ1) is 18.8. The number of nitrogens with zero attached hydrogens (tertiary/aromatic N) is 3. The fraction of sp³-hybridized carbons (Fsp3) is 0.278. The summed E-state index contributed by atoms with van der Waals surface area (Å²) >= 11 is 0. The normalized spacial score (nSPS) is 17.5. The largest absolute Gasteiger partial charge is 0.465 e. The lowest BCUT2D eigenvalue weighted by Crippen LogP contribution is -2.42. The molecule has 9 heteroatoms. The van der Waals surface area contributed by atoms with E-state index in [0.29, 0.717) is 12.1 Å². The highest BCUT2D eigenvalue weighted by Crippen LogP contribution is 2.20. The Morgan fingerprint density at radius 3 is 2.63 bits per heavy atom. The van der Waals surface area contributed by atoms with E-state index in [1.165, 1.54) is 12.0 Å². The lowest BCUT2D eigenvalue weighted by atomic mass is 10.1. The molecule has 0 saturated carbocycles. The highest BCUT2D eigenvalue weighted by molar-refractivity contribution is 7.90. The zero-order chi connectivity index (χ0) is 19.6. The molecule has 2 aliphatic heterocycles. The number of amides is 1. The number of benzene rings is 1. The highest BCUT2D eigenvalue weighted by Gasteiger charge is 2.31.